The minimum Gasteiger partial charge on any atom is -0.496 e. The van der Waals surface area contributed by atoms with E-state index in [4.69, 9.17) is 19.9 Å². The molecule has 2 aromatic rings. The lowest BCUT2D eigenvalue weighted by Crippen LogP contribution is -1.99. The van der Waals surface area contributed by atoms with Crippen molar-refractivity contribution in [3.63, 3.8) is 0 Å². The molecule has 0 bridgehead atoms. The van der Waals surface area contributed by atoms with E-state index >= 15 is 0 Å². The summed E-state index contributed by atoms with van der Waals surface area (Å²) in [5.74, 6) is 2.02. The fourth-order valence-corrected chi connectivity index (χ4v) is 2.04. The number of ether oxygens (including phenoxy) is 3. The minimum absolute atomic E-state index is 0.449. The summed E-state index contributed by atoms with van der Waals surface area (Å²) < 4.78 is 17.6. The largest absolute Gasteiger partial charge is 0.496 e. The van der Waals surface area contributed by atoms with Gasteiger partial charge in [0.2, 0.25) is 0 Å². The normalized spacial score (nSPS) is 10.6. The summed E-state index contributed by atoms with van der Waals surface area (Å²) in [6, 6.07) is 5.57. The van der Waals surface area contributed by atoms with Gasteiger partial charge in [0.25, 0.3) is 0 Å². The third-order valence-corrected chi connectivity index (χ3v) is 3.09. The molecule has 20 heavy (non-hydrogen) atoms. The van der Waals surface area contributed by atoms with Crippen LogP contribution in [0.5, 0.6) is 11.5 Å². The van der Waals surface area contributed by atoms with Crippen LogP contribution in [0, 0.1) is 0 Å². The molecule has 0 aliphatic rings. The summed E-state index contributed by atoms with van der Waals surface area (Å²) in [7, 11) is 6.67. The van der Waals surface area contributed by atoms with Crippen molar-refractivity contribution in [3.05, 3.63) is 23.8 Å². The average molecular weight is 277 g/mol. The summed E-state index contributed by atoms with van der Waals surface area (Å²) in [6.45, 7) is 0.449. The SMILES string of the molecule is COCc1cc(OC)c(-c2cc(N)n(C)n2)cc1OC. The van der Waals surface area contributed by atoms with Crippen LogP contribution in [0.15, 0.2) is 18.2 Å². The lowest BCUT2D eigenvalue weighted by molar-refractivity contribution is 0.181. The van der Waals surface area contributed by atoms with Crippen molar-refractivity contribution in [1.29, 1.82) is 0 Å². The molecular weight excluding hydrogens is 258 g/mol. The van der Waals surface area contributed by atoms with E-state index in [9.17, 15) is 0 Å². The van der Waals surface area contributed by atoms with E-state index < -0.39 is 0 Å². The van der Waals surface area contributed by atoms with Gasteiger partial charge in [-0.25, -0.2) is 0 Å². The van der Waals surface area contributed by atoms with Crippen molar-refractivity contribution in [2.24, 2.45) is 7.05 Å². The number of aromatic nitrogens is 2. The molecule has 0 saturated heterocycles. The molecular formula is C14H19N3O3. The van der Waals surface area contributed by atoms with Gasteiger partial charge in [-0.3, -0.25) is 4.68 Å². The Morgan fingerprint density at radius 1 is 1.10 bits per heavy atom. The number of methoxy groups -OCH3 is 3. The molecule has 1 aromatic heterocycles. The monoisotopic (exact) mass is 277 g/mol. The highest BCUT2D eigenvalue weighted by molar-refractivity contribution is 5.72. The molecule has 0 radical (unpaired) electrons. The highest BCUT2D eigenvalue weighted by Gasteiger charge is 2.15. The van der Waals surface area contributed by atoms with Crippen molar-refractivity contribution in [2.45, 2.75) is 6.61 Å². The number of nitrogen functional groups attached to an aromatic ring is 1. The summed E-state index contributed by atoms with van der Waals surface area (Å²) in [6.07, 6.45) is 0. The third kappa shape index (κ3) is 2.55. The van der Waals surface area contributed by atoms with Gasteiger partial charge in [-0.05, 0) is 12.1 Å². The first-order valence-corrected chi connectivity index (χ1v) is 6.14. The topological polar surface area (TPSA) is 71.5 Å². The zero-order valence-corrected chi connectivity index (χ0v) is 12.1. The number of anilines is 1. The highest BCUT2D eigenvalue weighted by atomic mass is 16.5. The number of nitrogens with zero attached hydrogens (tertiary/aromatic N) is 2. The smallest absolute Gasteiger partial charge is 0.128 e. The van der Waals surface area contributed by atoms with Gasteiger partial charge in [-0.15, -0.1) is 0 Å². The Bertz CT molecular complexity index is 588. The third-order valence-electron chi connectivity index (χ3n) is 3.09. The van der Waals surface area contributed by atoms with Crippen LogP contribution >= 0.6 is 0 Å². The van der Waals surface area contributed by atoms with E-state index in [0.717, 1.165) is 22.6 Å². The van der Waals surface area contributed by atoms with Gasteiger partial charge in [0.1, 0.15) is 17.3 Å². The number of hydrogen-bond donors (Lipinski definition) is 1. The molecule has 0 aliphatic carbocycles. The second-order valence-electron chi connectivity index (χ2n) is 4.38. The first-order valence-electron chi connectivity index (χ1n) is 6.14. The van der Waals surface area contributed by atoms with E-state index in [0.29, 0.717) is 18.2 Å². The van der Waals surface area contributed by atoms with Gasteiger partial charge in [-0.2, -0.15) is 5.10 Å². The van der Waals surface area contributed by atoms with Crippen molar-refractivity contribution in [2.75, 3.05) is 27.1 Å². The molecule has 6 nitrogen and oxygen atoms in total. The summed E-state index contributed by atoms with van der Waals surface area (Å²) in [4.78, 5) is 0. The zero-order valence-electron chi connectivity index (χ0n) is 12.1. The fourth-order valence-electron chi connectivity index (χ4n) is 2.04. The van der Waals surface area contributed by atoms with E-state index in [1.54, 1.807) is 39.1 Å². The molecule has 108 valence electrons. The molecule has 0 saturated carbocycles. The second-order valence-corrected chi connectivity index (χ2v) is 4.38. The van der Waals surface area contributed by atoms with Crippen LogP contribution in [0.4, 0.5) is 5.82 Å². The second kappa shape index (κ2) is 5.83. The van der Waals surface area contributed by atoms with E-state index in [1.165, 1.54) is 0 Å². The molecule has 6 heteroatoms. The summed E-state index contributed by atoms with van der Waals surface area (Å²) in [5.41, 5.74) is 8.31. The van der Waals surface area contributed by atoms with Crippen molar-refractivity contribution in [3.8, 4) is 22.8 Å². The molecule has 2 rings (SSSR count). The minimum atomic E-state index is 0.449. The standard InChI is InChI=1S/C14H19N3O3/c1-17-14(15)7-11(16-17)10-6-12(19-3)9(8-18-2)5-13(10)20-4/h5-7H,8,15H2,1-4H3. The Hall–Kier alpha value is -2.21. The summed E-state index contributed by atoms with van der Waals surface area (Å²) in [5, 5.41) is 4.36. The maximum Gasteiger partial charge on any atom is 0.128 e. The molecule has 0 atom stereocenters. The predicted molar refractivity (Wildman–Crippen MR) is 76.9 cm³/mol. The maximum atomic E-state index is 5.83. The van der Waals surface area contributed by atoms with Crippen molar-refractivity contribution >= 4 is 5.82 Å². The molecule has 0 aliphatic heterocycles. The van der Waals surface area contributed by atoms with Crippen LogP contribution in [-0.2, 0) is 18.4 Å². The first-order chi connectivity index (χ1) is 9.60. The lowest BCUT2D eigenvalue weighted by atomic mass is 10.1. The van der Waals surface area contributed by atoms with Gasteiger partial charge in [0.15, 0.2) is 0 Å². The first kappa shape index (κ1) is 14.2. The number of nitrogens with two attached hydrogens (primary N) is 1. The molecule has 1 heterocycles. The molecule has 1 aromatic carbocycles. The molecule has 0 amide bonds. The lowest BCUT2D eigenvalue weighted by Gasteiger charge is -2.13. The number of hydrogen-bond acceptors (Lipinski definition) is 5. The van der Waals surface area contributed by atoms with Crippen molar-refractivity contribution < 1.29 is 14.2 Å². The Labute approximate surface area is 118 Å². The number of rotatable bonds is 5. The highest BCUT2D eigenvalue weighted by Crippen LogP contribution is 2.36. The molecule has 2 N–H and O–H groups in total. The van der Waals surface area contributed by atoms with E-state index in [-0.39, 0.29) is 0 Å². The quantitative estimate of drug-likeness (QED) is 0.902. The fraction of sp³-hybridized carbons (Fsp3) is 0.357. The predicted octanol–water partition coefficient (Wildman–Crippen LogP) is 1.83. The van der Waals surface area contributed by atoms with Crippen molar-refractivity contribution in [1.82, 2.24) is 9.78 Å². The average Bonchev–Trinajstić information content (AvgIpc) is 2.78. The number of benzene rings is 1. The Kier molecular flexibility index (Phi) is 4.14. The van der Waals surface area contributed by atoms with E-state index in [1.807, 2.05) is 12.1 Å². The molecule has 0 spiro atoms. The van der Waals surface area contributed by atoms with Crippen LogP contribution in [0.1, 0.15) is 5.56 Å². The Morgan fingerprint density at radius 3 is 2.30 bits per heavy atom. The van der Waals surface area contributed by atoms with Gasteiger partial charge in [0.05, 0.1) is 26.5 Å². The van der Waals surface area contributed by atoms with Crippen LogP contribution in [-0.4, -0.2) is 31.1 Å². The van der Waals surface area contributed by atoms with Crippen LogP contribution in [0.25, 0.3) is 11.3 Å². The Morgan fingerprint density at radius 2 is 1.80 bits per heavy atom. The zero-order chi connectivity index (χ0) is 14.7. The van der Waals surface area contributed by atoms with Gasteiger partial charge in [0, 0.05) is 31.4 Å². The molecule has 0 unspecified atom stereocenters. The van der Waals surface area contributed by atoms with Crippen LogP contribution in [0.3, 0.4) is 0 Å². The van der Waals surface area contributed by atoms with Gasteiger partial charge < -0.3 is 19.9 Å². The maximum absolute atomic E-state index is 5.83. The van der Waals surface area contributed by atoms with Crippen LogP contribution in [0.2, 0.25) is 0 Å². The Balaban J connectivity index is 2.56. The van der Waals surface area contributed by atoms with Gasteiger partial charge in [-0.1, -0.05) is 0 Å². The number of aryl methyl sites for hydroxylation is 1. The van der Waals surface area contributed by atoms with Gasteiger partial charge >= 0.3 is 0 Å². The van der Waals surface area contributed by atoms with Crippen LogP contribution < -0.4 is 15.2 Å². The van der Waals surface area contributed by atoms with E-state index in [2.05, 4.69) is 5.10 Å². The molecule has 0 fully saturated rings. The summed E-state index contributed by atoms with van der Waals surface area (Å²) >= 11 is 0.